The van der Waals surface area contributed by atoms with Crippen LogP contribution in [0.1, 0.15) is 32.3 Å². The highest BCUT2D eigenvalue weighted by molar-refractivity contribution is 5.86. The van der Waals surface area contributed by atoms with Crippen LogP contribution in [0, 0.1) is 5.92 Å². The fourth-order valence-corrected chi connectivity index (χ4v) is 2.11. The van der Waals surface area contributed by atoms with Gasteiger partial charge in [0.1, 0.15) is 6.04 Å². The quantitative estimate of drug-likeness (QED) is 0.678. The normalized spacial score (nSPS) is 13.7. The lowest BCUT2D eigenvalue weighted by Crippen LogP contribution is -2.49. The van der Waals surface area contributed by atoms with E-state index in [1.54, 1.807) is 0 Å². The van der Waals surface area contributed by atoms with Crippen molar-refractivity contribution in [3.63, 3.8) is 0 Å². The summed E-state index contributed by atoms with van der Waals surface area (Å²) >= 11 is 0. The van der Waals surface area contributed by atoms with Gasteiger partial charge in [0.25, 0.3) is 0 Å². The van der Waals surface area contributed by atoms with Crippen LogP contribution in [-0.4, -0.2) is 29.1 Å². The number of aliphatic carboxylic acids is 1. The molecule has 0 bridgehead atoms. The summed E-state index contributed by atoms with van der Waals surface area (Å²) in [6, 6.07) is 8.02. The van der Waals surface area contributed by atoms with Gasteiger partial charge in [-0.3, -0.25) is 4.79 Å². The first-order valence-corrected chi connectivity index (χ1v) is 7.22. The number of carbonyl (C=O) groups excluding carboxylic acids is 1. The van der Waals surface area contributed by atoms with Gasteiger partial charge in [0, 0.05) is 0 Å². The predicted molar refractivity (Wildman–Crippen MR) is 81.8 cm³/mol. The molecule has 2 atom stereocenters. The van der Waals surface area contributed by atoms with Gasteiger partial charge in [0.15, 0.2) is 0 Å². The minimum atomic E-state index is -1.03. The molecular formula is C16H24N2O3. The highest BCUT2D eigenvalue weighted by Crippen LogP contribution is 2.07. The van der Waals surface area contributed by atoms with E-state index in [0.29, 0.717) is 25.2 Å². The van der Waals surface area contributed by atoms with Gasteiger partial charge >= 0.3 is 5.97 Å². The highest BCUT2D eigenvalue weighted by Gasteiger charge is 2.23. The van der Waals surface area contributed by atoms with Crippen molar-refractivity contribution in [1.82, 2.24) is 5.32 Å². The van der Waals surface area contributed by atoms with E-state index in [0.717, 1.165) is 5.56 Å². The Labute approximate surface area is 125 Å². The van der Waals surface area contributed by atoms with Crippen LogP contribution in [0.25, 0.3) is 0 Å². The standard InChI is InChI=1S/C16H24N2O3/c1-11(2)10-13(17)15(19)18-14(16(20)21)9-8-12-6-4-3-5-7-12/h3-7,11,13-14H,8-10,17H2,1-2H3,(H,18,19)(H,20,21)/t13-,14+/m1/s1. The molecule has 0 heterocycles. The molecule has 0 aliphatic rings. The number of hydrogen-bond donors (Lipinski definition) is 3. The van der Waals surface area contributed by atoms with Crippen molar-refractivity contribution in [2.45, 2.75) is 45.2 Å². The molecule has 0 aliphatic heterocycles. The Morgan fingerprint density at radius 2 is 1.86 bits per heavy atom. The average molecular weight is 292 g/mol. The minimum Gasteiger partial charge on any atom is -0.480 e. The van der Waals surface area contributed by atoms with Gasteiger partial charge in [-0.1, -0.05) is 44.2 Å². The lowest BCUT2D eigenvalue weighted by Gasteiger charge is -2.19. The van der Waals surface area contributed by atoms with Crippen molar-refractivity contribution < 1.29 is 14.7 Å². The highest BCUT2D eigenvalue weighted by atomic mass is 16.4. The molecule has 0 aliphatic carbocycles. The molecule has 0 saturated carbocycles. The third-order valence-corrected chi connectivity index (χ3v) is 3.24. The second kappa shape index (κ2) is 8.42. The fourth-order valence-electron chi connectivity index (χ4n) is 2.11. The average Bonchev–Trinajstić information content (AvgIpc) is 2.43. The summed E-state index contributed by atoms with van der Waals surface area (Å²) in [7, 11) is 0. The van der Waals surface area contributed by atoms with Gasteiger partial charge in [0.2, 0.25) is 5.91 Å². The molecule has 0 fully saturated rings. The van der Waals surface area contributed by atoms with Crippen LogP contribution in [0.3, 0.4) is 0 Å². The molecule has 5 heteroatoms. The maximum absolute atomic E-state index is 11.9. The van der Waals surface area contributed by atoms with E-state index < -0.39 is 24.0 Å². The SMILES string of the molecule is CC(C)C[C@@H](N)C(=O)N[C@@H](CCc1ccccc1)C(=O)O. The second-order valence-corrected chi connectivity index (χ2v) is 5.66. The Hall–Kier alpha value is -1.88. The van der Waals surface area contributed by atoms with E-state index in [9.17, 15) is 14.7 Å². The van der Waals surface area contributed by atoms with Crippen molar-refractivity contribution >= 4 is 11.9 Å². The number of amides is 1. The maximum Gasteiger partial charge on any atom is 0.326 e. The molecule has 4 N–H and O–H groups in total. The van der Waals surface area contributed by atoms with Gasteiger partial charge in [0.05, 0.1) is 6.04 Å². The Balaban J connectivity index is 2.54. The van der Waals surface area contributed by atoms with E-state index in [4.69, 9.17) is 5.73 Å². The van der Waals surface area contributed by atoms with Gasteiger partial charge in [-0.05, 0) is 30.7 Å². The van der Waals surface area contributed by atoms with Gasteiger partial charge in [-0.2, -0.15) is 0 Å². The van der Waals surface area contributed by atoms with Crippen LogP contribution in [-0.2, 0) is 16.0 Å². The first-order valence-electron chi connectivity index (χ1n) is 7.22. The zero-order valence-corrected chi connectivity index (χ0v) is 12.6. The van der Waals surface area contributed by atoms with Crippen LogP contribution in [0.15, 0.2) is 30.3 Å². The summed E-state index contributed by atoms with van der Waals surface area (Å²) in [6.45, 7) is 3.94. The van der Waals surface area contributed by atoms with Crippen LogP contribution in [0.4, 0.5) is 0 Å². The molecule has 21 heavy (non-hydrogen) atoms. The van der Waals surface area contributed by atoms with Crippen LogP contribution in [0.2, 0.25) is 0 Å². The summed E-state index contributed by atoms with van der Waals surface area (Å²) < 4.78 is 0. The molecule has 1 aromatic rings. The number of aryl methyl sites for hydroxylation is 1. The molecule has 0 spiro atoms. The number of nitrogens with one attached hydrogen (secondary N) is 1. The summed E-state index contributed by atoms with van der Waals surface area (Å²) in [5, 5.41) is 11.7. The number of rotatable bonds is 8. The Morgan fingerprint density at radius 1 is 1.24 bits per heavy atom. The molecule has 0 unspecified atom stereocenters. The lowest BCUT2D eigenvalue weighted by atomic mass is 10.0. The molecule has 1 aromatic carbocycles. The second-order valence-electron chi connectivity index (χ2n) is 5.66. The largest absolute Gasteiger partial charge is 0.480 e. The smallest absolute Gasteiger partial charge is 0.326 e. The zero-order valence-electron chi connectivity index (χ0n) is 12.6. The number of benzene rings is 1. The molecule has 0 saturated heterocycles. The predicted octanol–water partition coefficient (Wildman–Crippen LogP) is 1.56. The number of carbonyl (C=O) groups is 2. The molecule has 1 rings (SSSR count). The van der Waals surface area contributed by atoms with Gasteiger partial charge in [-0.15, -0.1) is 0 Å². The maximum atomic E-state index is 11.9. The Morgan fingerprint density at radius 3 is 2.38 bits per heavy atom. The van der Waals surface area contributed by atoms with E-state index in [-0.39, 0.29) is 0 Å². The lowest BCUT2D eigenvalue weighted by molar-refractivity contribution is -0.142. The summed E-state index contributed by atoms with van der Waals surface area (Å²) in [6.07, 6.45) is 1.48. The first kappa shape index (κ1) is 17.2. The summed E-state index contributed by atoms with van der Waals surface area (Å²) in [5.74, 6) is -1.14. The fraction of sp³-hybridized carbons (Fsp3) is 0.500. The van der Waals surface area contributed by atoms with E-state index in [2.05, 4.69) is 5.32 Å². The molecular weight excluding hydrogens is 268 g/mol. The van der Waals surface area contributed by atoms with Crippen LogP contribution >= 0.6 is 0 Å². The number of hydrogen-bond acceptors (Lipinski definition) is 3. The Kier molecular flexibility index (Phi) is 6.88. The van der Waals surface area contributed by atoms with Gasteiger partial charge in [-0.25, -0.2) is 4.79 Å². The summed E-state index contributed by atoms with van der Waals surface area (Å²) in [5.41, 5.74) is 6.81. The minimum absolute atomic E-state index is 0.290. The number of nitrogens with two attached hydrogens (primary N) is 1. The summed E-state index contributed by atoms with van der Waals surface area (Å²) in [4.78, 5) is 23.2. The van der Waals surface area contributed by atoms with E-state index in [1.165, 1.54) is 0 Å². The van der Waals surface area contributed by atoms with Crippen molar-refractivity contribution in [1.29, 1.82) is 0 Å². The van der Waals surface area contributed by atoms with Crippen LogP contribution < -0.4 is 11.1 Å². The zero-order chi connectivity index (χ0) is 15.8. The Bertz CT molecular complexity index is 460. The topological polar surface area (TPSA) is 92.4 Å². The third kappa shape index (κ3) is 6.40. The molecule has 0 radical (unpaired) electrons. The van der Waals surface area contributed by atoms with Gasteiger partial charge < -0.3 is 16.2 Å². The molecule has 1 amide bonds. The monoisotopic (exact) mass is 292 g/mol. The van der Waals surface area contributed by atoms with Crippen molar-refractivity contribution in [2.24, 2.45) is 11.7 Å². The van der Waals surface area contributed by atoms with E-state index >= 15 is 0 Å². The van der Waals surface area contributed by atoms with Crippen molar-refractivity contribution in [3.05, 3.63) is 35.9 Å². The third-order valence-electron chi connectivity index (χ3n) is 3.24. The van der Waals surface area contributed by atoms with E-state index in [1.807, 2.05) is 44.2 Å². The van der Waals surface area contributed by atoms with Crippen molar-refractivity contribution in [3.8, 4) is 0 Å². The molecule has 5 nitrogen and oxygen atoms in total. The van der Waals surface area contributed by atoms with Crippen molar-refractivity contribution in [2.75, 3.05) is 0 Å². The molecule has 116 valence electrons. The number of carboxylic acid groups (broad SMARTS) is 1. The first-order chi connectivity index (χ1) is 9.90. The molecule has 0 aromatic heterocycles. The number of carboxylic acids is 1. The van der Waals surface area contributed by atoms with Crippen LogP contribution in [0.5, 0.6) is 0 Å².